The molecule has 0 spiro atoms. The number of carbonyl (C=O) groups is 3. The maximum absolute atomic E-state index is 12.7. The van der Waals surface area contributed by atoms with Crippen LogP contribution in [-0.4, -0.2) is 58.7 Å². The molecule has 0 atom stereocenters. The van der Waals surface area contributed by atoms with Gasteiger partial charge in [0, 0.05) is 56.7 Å². The molecule has 0 saturated carbocycles. The molecule has 2 N–H and O–H groups in total. The summed E-state index contributed by atoms with van der Waals surface area (Å²) in [5.41, 5.74) is 1.87. The number of aromatic amines is 1. The fourth-order valence-electron chi connectivity index (χ4n) is 3.05. The van der Waals surface area contributed by atoms with Gasteiger partial charge in [-0.05, 0) is 36.8 Å². The molecule has 3 amide bonds. The van der Waals surface area contributed by atoms with Gasteiger partial charge in [0.15, 0.2) is 0 Å². The SMILES string of the molecule is CC(=O)Nc1ccc(C(=O)N2CCCN(C(=O)c3cc[nH]c3)CC2)cc1. The van der Waals surface area contributed by atoms with Crippen molar-refractivity contribution in [2.24, 2.45) is 0 Å². The second-order valence-electron chi connectivity index (χ2n) is 6.30. The summed E-state index contributed by atoms with van der Waals surface area (Å²) in [7, 11) is 0. The topological polar surface area (TPSA) is 85.5 Å². The zero-order chi connectivity index (χ0) is 18.5. The van der Waals surface area contributed by atoms with Crippen molar-refractivity contribution in [1.29, 1.82) is 0 Å². The Bertz CT molecular complexity index is 784. The van der Waals surface area contributed by atoms with Crippen LogP contribution in [0.2, 0.25) is 0 Å². The molecule has 0 aliphatic carbocycles. The number of hydrogen-bond acceptors (Lipinski definition) is 3. The lowest BCUT2D eigenvalue weighted by atomic mass is 10.1. The molecule has 1 fully saturated rings. The first-order chi connectivity index (χ1) is 12.5. The van der Waals surface area contributed by atoms with Crippen LogP contribution >= 0.6 is 0 Å². The number of hydrogen-bond donors (Lipinski definition) is 2. The van der Waals surface area contributed by atoms with Crippen molar-refractivity contribution in [3.8, 4) is 0 Å². The van der Waals surface area contributed by atoms with Gasteiger partial charge in [0.25, 0.3) is 11.8 Å². The summed E-state index contributed by atoms with van der Waals surface area (Å²) in [6, 6.07) is 8.61. The number of H-pyrrole nitrogens is 1. The average molecular weight is 354 g/mol. The highest BCUT2D eigenvalue weighted by molar-refractivity contribution is 5.96. The third kappa shape index (κ3) is 4.11. The predicted octanol–water partition coefficient (Wildman–Crippen LogP) is 1.96. The van der Waals surface area contributed by atoms with Gasteiger partial charge in [-0.2, -0.15) is 0 Å². The molecule has 2 heterocycles. The molecule has 1 saturated heterocycles. The number of anilines is 1. The van der Waals surface area contributed by atoms with Crippen LogP contribution in [0.3, 0.4) is 0 Å². The lowest BCUT2D eigenvalue weighted by Gasteiger charge is -2.22. The Labute approximate surface area is 152 Å². The van der Waals surface area contributed by atoms with Gasteiger partial charge in [-0.15, -0.1) is 0 Å². The summed E-state index contributed by atoms with van der Waals surface area (Å²) in [6.45, 7) is 3.71. The molecule has 0 unspecified atom stereocenters. The summed E-state index contributed by atoms with van der Waals surface area (Å²) in [5.74, 6) is -0.223. The smallest absolute Gasteiger partial charge is 0.255 e. The molecule has 0 bridgehead atoms. The van der Waals surface area contributed by atoms with E-state index in [1.807, 2.05) is 0 Å². The lowest BCUT2D eigenvalue weighted by molar-refractivity contribution is -0.114. The summed E-state index contributed by atoms with van der Waals surface area (Å²) < 4.78 is 0. The van der Waals surface area contributed by atoms with Crippen LogP contribution in [0.25, 0.3) is 0 Å². The predicted molar refractivity (Wildman–Crippen MR) is 98.0 cm³/mol. The molecule has 1 aromatic heterocycles. The second kappa shape index (κ2) is 7.86. The van der Waals surface area contributed by atoms with Crippen LogP contribution in [0.4, 0.5) is 5.69 Å². The van der Waals surface area contributed by atoms with E-state index >= 15 is 0 Å². The standard InChI is InChI=1S/C19H22N4O3/c1-14(24)21-17-5-3-15(4-6-17)18(25)22-9-2-10-23(12-11-22)19(26)16-7-8-20-13-16/h3-8,13,20H,2,9-12H2,1H3,(H,21,24). The fourth-order valence-corrected chi connectivity index (χ4v) is 3.05. The highest BCUT2D eigenvalue weighted by atomic mass is 16.2. The summed E-state index contributed by atoms with van der Waals surface area (Å²) in [5, 5.41) is 2.68. The van der Waals surface area contributed by atoms with E-state index in [1.54, 1.807) is 52.5 Å². The fraction of sp³-hybridized carbons (Fsp3) is 0.316. The lowest BCUT2D eigenvalue weighted by Crippen LogP contribution is -2.37. The first-order valence-corrected chi connectivity index (χ1v) is 8.63. The molecule has 1 aromatic carbocycles. The molecule has 0 radical (unpaired) electrons. The largest absolute Gasteiger partial charge is 0.367 e. The number of aromatic nitrogens is 1. The summed E-state index contributed by atoms with van der Waals surface area (Å²) in [4.78, 5) is 42.7. The van der Waals surface area contributed by atoms with Crippen molar-refractivity contribution in [3.05, 3.63) is 53.9 Å². The summed E-state index contributed by atoms with van der Waals surface area (Å²) >= 11 is 0. The zero-order valence-electron chi connectivity index (χ0n) is 14.7. The molecule has 3 rings (SSSR count). The molecule has 26 heavy (non-hydrogen) atoms. The van der Waals surface area contributed by atoms with Crippen molar-refractivity contribution in [2.45, 2.75) is 13.3 Å². The minimum absolute atomic E-state index is 0.0137. The van der Waals surface area contributed by atoms with Crippen molar-refractivity contribution < 1.29 is 14.4 Å². The van der Waals surface area contributed by atoms with E-state index in [-0.39, 0.29) is 17.7 Å². The maximum atomic E-state index is 12.7. The number of benzene rings is 1. The number of nitrogens with one attached hydrogen (secondary N) is 2. The van der Waals surface area contributed by atoms with Crippen LogP contribution in [0.5, 0.6) is 0 Å². The number of amides is 3. The minimum atomic E-state index is -0.149. The second-order valence-corrected chi connectivity index (χ2v) is 6.30. The van der Waals surface area contributed by atoms with Crippen LogP contribution in [0.1, 0.15) is 34.1 Å². The van der Waals surface area contributed by atoms with Gasteiger partial charge in [-0.1, -0.05) is 0 Å². The third-order valence-corrected chi connectivity index (χ3v) is 4.37. The Kier molecular flexibility index (Phi) is 5.36. The average Bonchev–Trinajstić information content (AvgIpc) is 3.05. The number of carbonyl (C=O) groups excluding carboxylic acids is 3. The van der Waals surface area contributed by atoms with Crippen molar-refractivity contribution >= 4 is 23.4 Å². The zero-order valence-corrected chi connectivity index (χ0v) is 14.7. The van der Waals surface area contributed by atoms with Crippen LogP contribution in [0, 0.1) is 0 Å². The molecular formula is C19H22N4O3. The van der Waals surface area contributed by atoms with Gasteiger partial charge in [0.05, 0.1) is 5.56 Å². The monoisotopic (exact) mass is 354 g/mol. The highest BCUT2D eigenvalue weighted by Gasteiger charge is 2.23. The van der Waals surface area contributed by atoms with Crippen LogP contribution in [0.15, 0.2) is 42.7 Å². The van der Waals surface area contributed by atoms with Crippen molar-refractivity contribution in [1.82, 2.24) is 14.8 Å². The molecule has 7 nitrogen and oxygen atoms in total. The van der Waals surface area contributed by atoms with Gasteiger partial charge in [0.1, 0.15) is 0 Å². The molecule has 136 valence electrons. The quantitative estimate of drug-likeness (QED) is 0.883. The number of nitrogens with zero attached hydrogens (tertiary/aromatic N) is 2. The van der Waals surface area contributed by atoms with E-state index in [2.05, 4.69) is 10.3 Å². The first-order valence-electron chi connectivity index (χ1n) is 8.63. The Hall–Kier alpha value is -3.09. The van der Waals surface area contributed by atoms with Gasteiger partial charge >= 0.3 is 0 Å². The van der Waals surface area contributed by atoms with Gasteiger partial charge in [-0.25, -0.2) is 0 Å². The number of rotatable bonds is 3. The minimum Gasteiger partial charge on any atom is -0.367 e. The highest BCUT2D eigenvalue weighted by Crippen LogP contribution is 2.14. The van der Waals surface area contributed by atoms with E-state index in [0.717, 1.165) is 6.42 Å². The van der Waals surface area contributed by atoms with E-state index in [1.165, 1.54) is 6.92 Å². The van der Waals surface area contributed by atoms with E-state index in [0.29, 0.717) is 43.0 Å². The van der Waals surface area contributed by atoms with Crippen LogP contribution in [-0.2, 0) is 4.79 Å². The Morgan fingerprint density at radius 2 is 1.50 bits per heavy atom. The third-order valence-electron chi connectivity index (χ3n) is 4.37. The maximum Gasteiger partial charge on any atom is 0.255 e. The Morgan fingerprint density at radius 1 is 0.885 bits per heavy atom. The molecule has 1 aliphatic rings. The molecular weight excluding hydrogens is 332 g/mol. The van der Waals surface area contributed by atoms with E-state index in [4.69, 9.17) is 0 Å². The van der Waals surface area contributed by atoms with Gasteiger partial charge < -0.3 is 20.1 Å². The first kappa shape index (κ1) is 17.7. The van der Waals surface area contributed by atoms with Gasteiger partial charge in [0.2, 0.25) is 5.91 Å². The van der Waals surface area contributed by atoms with Crippen molar-refractivity contribution in [3.63, 3.8) is 0 Å². The normalized spacial score (nSPS) is 14.7. The molecule has 2 aromatic rings. The van der Waals surface area contributed by atoms with E-state index in [9.17, 15) is 14.4 Å². The molecule has 1 aliphatic heterocycles. The summed E-state index contributed by atoms with van der Waals surface area (Å²) in [6.07, 6.45) is 4.16. The Morgan fingerprint density at radius 3 is 2.04 bits per heavy atom. The van der Waals surface area contributed by atoms with Crippen LogP contribution < -0.4 is 5.32 Å². The van der Waals surface area contributed by atoms with E-state index < -0.39 is 0 Å². The molecule has 7 heteroatoms. The van der Waals surface area contributed by atoms with Crippen molar-refractivity contribution in [2.75, 3.05) is 31.5 Å². The van der Waals surface area contributed by atoms with Gasteiger partial charge in [-0.3, -0.25) is 14.4 Å². The Balaban J connectivity index is 1.62.